The van der Waals surface area contributed by atoms with Crippen LogP contribution in [-0.2, 0) is 13.0 Å². The number of para-hydroxylation sites is 1. The lowest BCUT2D eigenvalue weighted by atomic mass is 10.1. The molecule has 1 saturated heterocycles. The van der Waals surface area contributed by atoms with Crippen LogP contribution in [0.4, 0.5) is 0 Å². The molecule has 8 nitrogen and oxygen atoms in total. The Morgan fingerprint density at radius 2 is 1.75 bits per heavy atom. The Labute approximate surface area is 161 Å². The van der Waals surface area contributed by atoms with Gasteiger partial charge in [-0.15, -0.1) is 0 Å². The average molecular weight is 378 g/mol. The van der Waals surface area contributed by atoms with Crippen LogP contribution in [0.3, 0.4) is 0 Å². The zero-order valence-electron chi connectivity index (χ0n) is 15.5. The van der Waals surface area contributed by atoms with Crippen molar-refractivity contribution in [1.29, 1.82) is 0 Å². The molecule has 1 aromatic carbocycles. The normalized spacial score (nSPS) is 17.0. The summed E-state index contributed by atoms with van der Waals surface area (Å²) in [5.74, 6) is -0.0800. The average Bonchev–Trinajstić information content (AvgIpc) is 3.37. The van der Waals surface area contributed by atoms with Crippen molar-refractivity contribution in [3.63, 3.8) is 0 Å². The predicted octanol–water partition coefficient (Wildman–Crippen LogP) is 1.13. The minimum absolute atomic E-state index is 0.0235. The first-order valence-electron chi connectivity index (χ1n) is 9.64. The van der Waals surface area contributed by atoms with Gasteiger partial charge < -0.3 is 20.1 Å². The number of aromatic amines is 2. The molecular formula is C20H22N6O2. The van der Waals surface area contributed by atoms with Crippen molar-refractivity contribution >= 4 is 22.7 Å². The van der Waals surface area contributed by atoms with Gasteiger partial charge in [0, 0.05) is 67.8 Å². The van der Waals surface area contributed by atoms with Gasteiger partial charge in [-0.25, -0.2) is 0 Å². The van der Waals surface area contributed by atoms with E-state index >= 15 is 0 Å². The van der Waals surface area contributed by atoms with Gasteiger partial charge in [-0.05, 0) is 12.1 Å². The molecular weight excluding hydrogens is 356 g/mol. The van der Waals surface area contributed by atoms with E-state index < -0.39 is 0 Å². The third kappa shape index (κ3) is 2.86. The topological polar surface area (TPSA) is 97.1 Å². The molecule has 0 spiro atoms. The summed E-state index contributed by atoms with van der Waals surface area (Å²) in [6.45, 7) is 3.64. The molecule has 0 saturated carbocycles. The van der Waals surface area contributed by atoms with Gasteiger partial charge in [0.1, 0.15) is 5.69 Å². The van der Waals surface area contributed by atoms with Crippen molar-refractivity contribution in [2.45, 2.75) is 13.0 Å². The number of aromatic nitrogens is 3. The molecule has 0 bridgehead atoms. The van der Waals surface area contributed by atoms with Gasteiger partial charge in [-0.3, -0.25) is 14.7 Å². The molecule has 0 unspecified atom stereocenters. The van der Waals surface area contributed by atoms with Crippen molar-refractivity contribution in [3.8, 4) is 0 Å². The monoisotopic (exact) mass is 378 g/mol. The summed E-state index contributed by atoms with van der Waals surface area (Å²) >= 11 is 0. The van der Waals surface area contributed by atoms with Crippen LogP contribution in [-0.4, -0.2) is 69.5 Å². The number of carbonyl (C=O) groups excluding carboxylic acids is 2. The number of piperazine rings is 1. The SMILES string of the molecule is O=C(c1cc2ccccc2[nH]1)N1CCN(C(=O)c2n[nH]c3c2CNCC3)CC1. The highest BCUT2D eigenvalue weighted by Gasteiger charge is 2.30. The lowest BCUT2D eigenvalue weighted by molar-refractivity contribution is 0.0529. The number of fused-ring (bicyclic) bond motifs is 2. The van der Waals surface area contributed by atoms with Crippen LogP contribution in [0, 0.1) is 0 Å². The number of H-pyrrole nitrogens is 2. The van der Waals surface area contributed by atoms with E-state index in [0.29, 0.717) is 44.1 Å². The number of hydrogen-bond donors (Lipinski definition) is 3. The molecule has 2 aromatic heterocycles. The zero-order chi connectivity index (χ0) is 19.1. The first-order chi connectivity index (χ1) is 13.7. The molecule has 0 aliphatic carbocycles. The molecule has 8 heteroatoms. The predicted molar refractivity (Wildman–Crippen MR) is 104 cm³/mol. The highest BCUT2D eigenvalue weighted by Crippen LogP contribution is 2.19. The Hall–Kier alpha value is -3.13. The minimum Gasteiger partial charge on any atom is -0.351 e. The third-order valence-corrected chi connectivity index (χ3v) is 5.62. The number of amides is 2. The van der Waals surface area contributed by atoms with Crippen molar-refractivity contribution in [3.05, 3.63) is 53.0 Å². The molecule has 144 valence electrons. The second kappa shape index (κ2) is 6.79. The van der Waals surface area contributed by atoms with Gasteiger partial charge in [-0.2, -0.15) is 5.10 Å². The van der Waals surface area contributed by atoms with Crippen LogP contribution in [0.15, 0.2) is 30.3 Å². The van der Waals surface area contributed by atoms with E-state index in [4.69, 9.17) is 0 Å². The number of hydrogen-bond acceptors (Lipinski definition) is 4. The van der Waals surface area contributed by atoms with Gasteiger partial charge in [0.05, 0.1) is 0 Å². The molecule has 1 fully saturated rings. The minimum atomic E-state index is -0.0566. The van der Waals surface area contributed by atoms with Gasteiger partial charge in [-0.1, -0.05) is 18.2 Å². The zero-order valence-corrected chi connectivity index (χ0v) is 15.5. The quantitative estimate of drug-likeness (QED) is 0.623. The van der Waals surface area contributed by atoms with Crippen LogP contribution in [0.2, 0.25) is 0 Å². The number of carbonyl (C=O) groups is 2. The Kier molecular flexibility index (Phi) is 4.12. The van der Waals surface area contributed by atoms with Crippen LogP contribution >= 0.6 is 0 Å². The summed E-state index contributed by atoms with van der Waals surface area (Å²) in [6.07, 6.45) is 0.863. The van der Waals surface area contributed by atoms with Crippen LogP contribution in [0.1, 0.15) is 32.2 Å². The van der Waals surface area contributed by atoms with E-state index in [0.717, 1.165) is 35.1 Å². The molecule has 2 aliphatic heterocycles. The van der Waals surface area contributed by atoms with E-state index in [1.165, 1.54) is 0 Å². The van der Waals surface area contributed by atoms with Crippen LogP contribution in [0.5, 0.6) is 0 Å². The van der Waals surface area contributed by atoms with Gasteiger partial charge in [0.15, 0.2) is 5.69 Å². The lowest BCUT2D eigenvalue weighted by Crippen LogP contribution is -2.51. The number of nitrogens with zero attached hydrogens (tertiary/aromatic N) is 3. The number of nitrogens with one attached hydrogen (secondary N) is 3. The first kappa shape index (κ1) is 17.0. The summed E-state index contributed by atoms with van der Waals surface area (Å²) in [4.78, 5) is 32.5. The smallest absolute Gasteiger partial charge is 0.274 e. The molecule has 3 N–H and O–H groups in total. The molecule has 28 heavy (non-hydrogen) atoms. The Bertz CT molecular complexity index is 1010. The Morgan fingerprint density at radius 3 is 2.54 bits per heavy atom. The van der Waals surface area contributed by atoms with Crippen molar-refractivity contribution in [1.82, 2.24) is 30.3 Å². The van der Waals surface area contributed by atoms with Gasteiger partial charge in [0.25, 0.3) is 11.8 Å². The number of rotatable bonds is 2. The van der Waals surface area contributed by atoms with Crippen LogP contribution in [0.25, 0.3) is 10.9 Å². The number of benzene rings is 1. The first-order valence-corrected chi connectivity index (χ1v) is 9.64. The molecule has 2 aliphatic rings. The fourth-order valence-corrected chi connectivity index (χ4v) is 4.02. The van der Waals surface area contributed by atoms with E-state index in [1.54, 1.807) is 9.80 Å². The molecule has 0 atom stereocenters. The van der Waals surface area contributed by atoms with E-state index in [2.05, 4.69) is 20.5 Å². The van der Waals surface area contributed by atoms with Crippen molar-refractivity contribution in [2.24, 2.45) is 0 Å². The van der Waals surface area contributed by atoms with E-state index in [1.807, 2.05) is 30.3 Å². The fraction of sp³-hybridized carbons (Fsp3) is 0.350. The standard InChI is InChI=1S/C20H22N6O2/c27-19(17-11-13-3-1-2-4-15(13)22-17)25-7-9-26(10-8-25)20(28)18-14-12-21-6-5-16(14)23-24-18/h1-4,11,21-22H,5-10,12H2,(H,23,24). The maximum absolute atomic E-state index is 12.9. The molecule has 0 radical (unpaired) electrons. The highest BCUT2D eigenvalue weighted by molar-refractivity contribution is 5.98. The summed E-state index contributed by atoms with van der Waals surface area (Å²) in [6, 6.07) is 9.73. The second-order valence-corrected chi connectivity index (χ2v) is 7.31. The van der Waals surface area contributed by atoms with Gasteiger partial charge in [0.2, 0.25) is 0 Å². The molecule has 3 aromatic rings. The summed E-state index contributed by atoms with van der Waals surface area (Å²) in [5.41, 5.74) is 4.09. The van der Waals surface area contributed by atoms with E-state index in [-0.39, 0.29) is 11.8 Å². The van der Waals surface area contributed by atoms with Crippen LogP contribution < -0.4 is 5.32 Å². The fourth-order valence-electron chi connectivity index (χ4n) is 4.02. The summed E-state index contributed by atoms with van der Waals surface area (Å²) in [5, 5.41) is 11.6. The third-order valence-electron chi connectivity index (χ3n) is 5.62. The van der Waals surface area contributed by atoms with Gasteiger partial charge >= 0.3 is 0 Å². The Morgan fingerprint density at radius 1 is 1.00 bits per heavy atom. The second-order valence-electron chi connectivity index (χ2n) is 7.31. The molecule has 5 rings (SSSR count). The Balaban J connectivity index is 1.26. The molecule has 2 amide bonds. The van der Waals surface area contributed by atoms with Crippen molar-refractivity contribution < 1.29 is 9.59 Å². The van der Waals surface area contributed by atoms with E-state index in [9.17, 15) is 9.59 Å². The summed E-state index contributed by atoms with van der Waals surface area (Å²) < 4.78 is 0. The van der Waals surface area contributed by atoms with Crippen molar-refractivity contribution in [2.75, 3.05) is 32.7 Å². The lowest BCUT2D eigenvalue weighted by Gasteiger charge is -2.34. The maximum Gasteiger partial charge on any atom is 0.274 e. The molecule has 4 heterocycles. The maximum atomic E-state index is 12.9. The summed E-state index contributed by atoms with van der Waals surface area (Å²) in [7, 11) is 0. The largest absolute Gasteiger partial charge is 0.351 e. The highest BCUT2D eigenvalue weighted by atomic mass is 16.2.